The maximum absolute atomic E-state index is 5.83. The van der Waals surface area contributed by atoms with Gasteiger partial charge < -0.3 is 10.5 Å². The molecule has 82 valence electrons. The normalized spacial score (nSPS) is 18.3. The molecule has 0 bridgehead atoms. The van der Waals surface area contributed by atoms with Gasteiger partial charge >= 0.3 is 0 Å². The second-order valence-corrected chi connectivity index (χ2v) is 5.00. The molecule has 2 rings (SSSR count). The van der Waals surface area contributed by atoms with Crippen molar-refractivity contribution in [3.8, 4) is 5.75 Å². The molecule has 1 aliphatic rings. The van der Waals surface area contributed by atoms with E-state index in [1.54, 1.807) is 0 Å². The number of nitrogens with two attached hydrogens (primary N) is 1. The highest BCUT2D eigenvalue weighted by Crippen LogP contribution is 2.32. The second-order valence-electron chi connectivity index (χ2n) is 4.15. The SMILES string of the molecule is C[C@@H](N)c1ccc(OC2CCC2)c(Br)c1. The fourth-order valence-electron chi connectivity index (χ4n) is 1.56. The Labute approximate surface area is 98.9 Å². The minimum absolute atomic E-state index is 0.0686. The number of rotatable bonds is 3. The first kappa shape index (κ1) is 11.0. The third-order valence-corrected chi connectivity index (χ3v) is 3.45. The maximum Gasteiger partial charge on any atom is 0.133 e. The fourth-order valence-corrected chi connectivity index (χ4v) is 2.05. The van der Waals surface area contributed by atoms with Gasteiger partial charge in [0.15, 0.2) is 0 Å². The highest BCUT2D eigenvalue weighted by atomic mass is 79.9. The lowest BCUT2D eigenvalue weighted by molar-refractivity contribution is 0.119. The average molecular weight is 270 g/mol. The molecule has 3 heteroatoms. The lowest BCUT2D eigenvalue weighted by Gasteiger charge is -2.27. The Morgan fingerprint density at radius 1 is 1.47 bits per heavy atom. The van der Waals surface area contributed by atoms with E-state index in [1.165, 1.54) is 19.3 Å². The van der Waals surface area contributed by atoms with Crippen molar-refractivity contribution in [2.24, 2.45) is 5.73 Å². The molecule has 0 heterocycles. The van der Waals surface area contributed by atoms with Crippen LogP contribution < -0.4 is 10.5 Å². The molecule has 2 nitrogen and oxygen atoms in total. The molecule has 1 atom stereocenters. The molecule has 2 N–H and O–H groups in total. The van der Waals surface area contributed by atoms with Crippen LogP contribution in [0.2, 0.25) is 0 Å². The van der Waals surface area contributed by atoms with E-state index in [0.29, 0.717) is 6.10 Å². The van der Waals surface area contributed by atoms with Crippen molar-refractivity contribution in [2.45, 2.75) is 38.3 Å². The molecular weight excluding hydrogens is 254 g/mol. The van der Waals surface area contributed by atoms with E-state index in [2.05, 4.69) is 15.9 Å². The first-order valence-corrected chi connectivity index (χ1v) is 6.18. The zero-order chi connectivity index (χ0) is 10.8. The van der Waals surface area contributed by atoms with Gasteiger partial charge in [-0.3, -0.25) is 0 Å². The Balaban J connectivity index is 2.11. The summed E-state index contributed by atoms with van der Waals surface area (Å²) in [7, 11) is 0. The highest BCUT2D eigenvalue weighted by molar-refractivity contribution is 9.10. The second kappa shape index (κ2) is 4.54. The van der Waals surface area contributed by atoms with Gasteiger partial charge in [-0.15, -0.1) is 0 Å². The fraction of sp³-hybridized carbons (Fsp3) is 0.500. The van der Waals surface area contributed by atoms with Gasteiger partial charge in [0.25, 0.3) is 0 Å². The maximum atomic E-state index is 5.83. The van der Waals surface area contributed by atoms with Crippen LogP contribution in [0.1, 0.15) is 37.8 Å². The van der Waals surface area contributed by atoms with Gasteiger partial charge in [0.1, 0.15) is 5.75 Å². The molecule has 1 aromatic carbocycles. The van der Waals surface area contributed by atoms with E-state index in [-0.39, 0.29) is 6.04 Å². The van der Waals surface area contributed by atoms with Crippen LogP contribution in [-0.2, 0) is 0 Å². The highest BCUT2D eigenvalue weighted by Gasteiger charge is 2.20. The molecule has 0 amide bonds. The van der Waals surface area contributed by atoms with Crippen molar-refractivity contribution < 1.29 is 4.74 Å². The summed E-state index contributed by atoms with van der Waals surface area (Å²) in [4.78, 5) is 0. The van der Waals surface area contributed by atoms with E-state index < -0.39 is 0 Å². The zero-order valence-corrected chi connectivity index (χ0v) is 10.5. The molecule has 15 heavy (non-hydrogen) atoms. The summed E-state index contributed by atoms with van der Waals surface area (Å²) in [6.45, 7) is 1.98. The summed E-state index contributed by atoms with van der Waals surface area (Å²) in [6, 6.07) is 6.14. The van der Waals surface area contributed by atoms with Crippen LogP contribution in [0.3, 0.4) is 0 Å². The molecule has 0 aliphatic heterocycles. The lowest BCUT2D eigenvalue weighted by atomic mass is 9.96. The van der Waals surface area contributed by atoms with Crippen molar-refractivity contribution in [1.29, 1.82) is 0 Å². The molecule has 0 unspecified atom stereocenters. The summed E-state index contributed by atoms with van der Waals surface area (Å²) in [6.07, 6.45) is 4.07. The Hall–Kier alpha value is -0.540. The van der Waals surface area contributed by atoms with Crippen molar-refractivity contribution >= 4 is 15.9 Å². The molecule has 1 aliphatic carbocycles. The van der Waals surface area contributed by atoms with E-state index in [9.17, 15) is 0 Å². The van der Waals surface area contributed by atoms with Crippen LogP contribution in [0, 0.1) is 0 Å². The van der Waals surface area contributed by atoms with Gasteiger partial charge in [-0.05, 0) is 59.8 Å². The van der Waals surface area contributed by atoms with Gasteiger partial charge in [-0.2, -0.15) is 0 Å². The largest absolute Gasteiger partial charge is 0.489 e. The number of hydrogen-bond acceptors (Lipinski definition) is 2. The van der Waals surface area contributed by atoms with Crippen molar-refractivity contribution in [2.75, 3.05) is 0 Å². The molecule has 0 saturated heterocycles. The van der Waals surface area contributed by atoms with E-state index in [0.717, 1.165) is 15.8 Å². The number of hydrogen-bond donors (Lipinski definition) is 1. The standard InChI is InChI=1S/C12H16BrNO/c1-8(14)9-5-6-12(11(13)7-9)15-10-3-2-4-10/h5-8,10H,2-4,14H2,1H3/t8-/m1/s1. The molecule has 0 radical (unpaired) electrons. The summed E-state index contributed by atoms with van der Waals surface area (Å²) in [5, 5.41) is 0. The number of benzene rings is 1. The Bertz CT molecular complexity index is 347. The topological polar surface area (TPSA) is 35.2 Å². The first-order chi connectivity index (χ1) is 7.16. The number of halogens is 1. The van der Waals surface area contributed by atoms with Crippen LogP contribution >= 0.6 is 15.9 Å². The van der Waals surface area contributed by atoms with Crippen LogP contribution in [-0.4, -0.2) is 6.10 Å². The predicted molar refractivity (Wildman–Crippen MR) is 65.0 cm³/mol. The average Bonchev–Trinajstić information content (AvgIpc) is 2.12. The predicted octanol–water partition coefficient (Wildman–Crippen LogP) is 3.40. The van der Waals surface area contributed by atoms with Gasteiger partial charge in [0, 0.05) is 6.04 Å². The van der Waals surface area contributed by atoms with Crippen molar-refractivity contribution in [1.82, 2.24) is 0 Å². The molecule has 1 saturated carbocycles. The van der Waals surface area contributed by atoms with Crippen molar-refractivity contribution in [3.63, 3.8) is 0 Å². The lowest BCUT2D eigenvalue weighted by Crippen LogP contribution is -2.24. The Morgan fingerprint density at radius 2 is 2.20 bits per heavy atom. The molecular formula is C12H16BrNO. The van der Waals surface area contributed by atoms with Crippen molar-refractivity contribution in [3.05, 3.63) is 28.2 Å². The van der Waals surface area contributed by atoms with Crippen LogP contribution in [0.4, 0.5) is 0 Å². The minimum atomic E-state index is 0.0686. The van der Waals surface area contributed by atoms with Crippen LogP contribution in [0.25, 0.3) is 0 Å². The van der Waals surface area contributed by atoms with E-state index in [1.807, 2.05) is 25.1 Å². The monoisotopic (exact) mass is 269 g/mol. The minimum Gasteiger partial charge on any atom is -0.489 e. The molecule has 0 aromatic heterocycles. The molecule has 1 aromatic rings. The summed E-state index contributed by atoms with van der Waals surface area (Å²) >= 11 is 3.52. The van der Waals surface area contributed by atoms with Crippen LogP contribution in [0.15, 0.2) is 22.7 Å². The van der Waals surface area contributed by atoms with E-state index in [4.69, 9.17) is 10.5 Å². The quantitative estimate of drug-likeness (QED) is 0.913. The van der Waals surface area contributed by atoms with Gasteiger partial charge in [-0.25, -0.2) is 0 Å². The van der Waals surface area contributed by atoms with Gasteiger partial charge in [0.2, 0.25) is 0 Å². The summed E-state index contributed by atoms with van der Waals surface area (Å²) < 4.78 is 6.83. The van der Waals surface area contributed by atoms with E-state index >= 15 is 0 Å². The molecule has 0 spiro atoms. The smallest absolute Gasteiger partial charge is 0.133 e. The molecule has 1 fully saturated rings. The zero-order valence-electron chi connectivity index (χ0n) is 8.87. The first-order valence-electron chi connectivity index (χ1n) is 5.38. The summed E-state index contributed by atoms with van der Waals surface area (Å²) in [5.41, 5.74) is 6.94. The third kappa shape index (κ3) is 2.52. The summed E-state index contributed by atoms with van der Waals surface area (Å²) in [5.74, 6) is 0.934. The van der Waals surface area contributed by atoms with Gasteiger partial charge in [-0.1, -0.05) is 6.07 Å². The van der Waals surface area contributed by atoms with Crippen LogP contribution in [0.5, 0.6) is 5.75 Å². The Morgan fingerprint density at radius 3 is 2.67 bits per heavy atom. The Kier molecular flexibility index (Phi) is 3.32. The van der Waals surface area contributed by atoms with Gasteiger partial charge in [0.05, 0.1) is 10.6 Å². The third-order valence-electron chi connectivity index (χ3n) is 2.83. The number of ether oxygens (including phenoxy) is 1.